The van der Waals surface area contributed by atoms with Gasteiger partial charge < -0.3 is 4.90 Å². The molecule has 0 bridgehead atoms. The summed E-state index contributed by atoms with van der Waals surface area (Å²) >= 11 is 1.63. The van der Waals surface area contributed by atoms with Crippen LogP contribution in [0.15, 0.2) is 12.1 Å². The van der Waals surface area contributed by atoms with Crippen LogP contribution >= 0.6 is 11.3 Å². The summed E-state index contributed by atoms with van der Waals surface area (Å²) in [5.74, 6) is 0. The average molecular weight is 237 g/mol. The Hall–Kier alpha value is -0.830. The Labute approximate surface area is 101 Å². The first kappa shape index (κ1) is 11.6. The van der Waals surface area contributed by atoms with E-state index in [0.29, 0.717) is 6.04 Å². The summed E-state index contributed by atoms with van der Waals surface area (Å²) in [6.07, 6.45) is 7.41. The van der Waals surface area contributed by atoms with E-state index in [1.54, 1.807) is 11.3 Å². The molecule has 0 saturated carbocycles. The van der Waals surface area contributed by atoms with E-state index in [-0.39, 0.29) is 0 Å². The number of carbonyl (C=O) groups is 1. The first-order valence-corrected chi connectivity index (χ1v) is 6.98. The van der Waals surface area contributed by atoms with Gasteiger partial charge in [-0.1, -0.05) is 13.3 Å². The van der Waals surface area contributed by atoms with Crippen molar-refractivity contribution in [1.29, 1.82) is 0 Å². The topological polar surface area (TPSA) is 20.3 Å². The highest BCUT2D eigenvalue weighted by Crippen LogP contribution is 2.32. The maximum atomic E-state index is 10.7. The molecule has 2 heterocycles. The zero-order chi connectivity index (χ0) is 11.4. The highest BCUT2D eigenvalue weighted by Gasteiger charge is 2.22. The van der Waals surface area contributed by atoms with E-state index in [1.165, 1.54) is 37.1 Å². The Morgan fingerprint density at radius 2 is 2.38 bits per heavy atom. The van der Waals surface area contributed by atoms with Gasteiger partial charge >= 0.3 is 0 Å². The van der Waals surface area contributed by atoms with Crippen LogP contribution in [-0.2, 0) is 0 Å². The van der Waals surface area contributed by atoms with Gasteiger partial charge in [0, 0.05) is 12.6 Å². The molecular weight excluding hydrogens is 218 g/mol. The lowest BCUT2D eigenvalue weighted by atomic mass is 9.99. The van der Waals surface area contributed by atoms with Gasteiger partial charge in [0.05, 0.1) is 9.88 Å². The Morgan fingerprint density at radius 1 is 1.50 bits per heavy atom. The van der Waals surface area contributed by atoms with E-state index < -0.39 is 0 Å². The number of piperidine rings is 1. The molecule has 88 valence electrons. The van der Waals surface area contributed by atoms with Crippen molar-refractivity contribution in [2.45, 2.75) is 45.1 Å². The second-order valence-electron chi connectivity index (χ2n) is 4.43. The molecule has 1 aromatic heterocycles. The molecule has 2 rings (SSSR count). The number of carbonyl (C=O) groups excluding carboxylic acids is 1. The molecule has 1 aliphatic rings. The lowest BCUT2D eigenvalue weighted by Crippen LogP contribution is -2.38. The lowest BCUT2D eigenvalue weighted by molar-refractivity contribution is 0.112. The molecule has 1 fully saturated rings. The van der Waals surface area contributed by atoms with Gasteiger partial charge in [0.1, 0.15) is 0 Å². The minimum atomic E-state index is 0.692. The second-order valence-corrected chi connectivity index (χ2v) is 5.52. The van der Waals surface area contributed by atoms with Crippen LogP contribution in [0.2, 0.25) is 0 Å². The maximum absolute atomic E-state index is 10.7. The molecule has 2 nitrogen and oxygen atoms in total. The normalized spacial score (nSPS) is 21.1. The molecule has 1 aliphatic heterocycles. The van der Waals surface area contributed by atoms with Gasteiger partial charge in [-0.25, -0.2) is 0 Å². The number of aldehydes is 1. The zero-order valence-corrected chi connectivity index (χ0v) is 10.6. The predicted octanol–water partition coefficient (Wildman–Crippen LogP) is 3.72. The fourth-order valence-electron chi connectivity index (χ4n) is 2.48. The van der Waals surface area contributed by atoms with Crippen LogP contribution in [0.5, 0.6) is 0 Å². The Kier molecular flexibility index (Phi) is 3.99. The molecule has 0 N–H and O–H groups in total. The molecule has 0 amide bonds. The standard InChI is InChI=1S/C13H19NOS/c1-2-5-11-6-3-4-9-14(11)13-8-7-12(10-15)16-13/h7-8,10-11H,2-6,9H2,1H3. The van der Waals surface area contributed by atoms with Crippen molar-refractivity contribution in [3.63, 3.8) is 0 Å². The van der Waals surface area contributed by atoms with Crippen LogP contribution in [0, 0.1) is 0 Å². The van der Waals surface area contributed by atoms with Gasteiger partial charge in [0.25, 0.3) is 0 Å². The fraction of sp³-hybridized carbons (Fsp3) is 0.615. The minimum absolute atomic E-state index is 0.692. The highest BCUT2D eigenvalue weighted by atomic mass is 32.1. The van der Waals surface area contributed by atoms with Crippen LogP contribution in [0.1, 0.15) is 48.7 Å². The van der Waals surface area contributed by atoms with Crippen LogP contribution in [0.25, 0.3) is 0 Å². The number of nitrogens with zero attached hydrogens (tertiary/aromatic N) is 1. The van der Waals surface area contributed by atoms with Gasteiger partial charge in [-0.15, -0.1) is 11.3 Å². The van der Waals surface area contributed by atoms with E-state index in [0.717, 1.165) is 17.7 Å². The summed E-state index contributed by atoms with van der Waals surface area (Å²) in [4.78, 5) is 14.0. The van der Waals surface area contributed by atoms with E-state index in [2.05, 4.69) is 17.9 Å². The lowest BCUT2D eigenvalue weighted by Gasteiger charge is -2.36. The van der Waals surface area contributed by atoms with Gasteiger partial charge in [0.2, 0.25) is 0 Å². The minimum Gasteiger partial charge on any atom is -0.360 e. The van der Waals surface area contributed by atoms with Gasteiger partial charge in [-0.3, -0.25) is 4.79 Å². The van der Waals surface area contributed by atoms with Crippen molar-refractivity contribution >= 4 is 22.6 Å². The van der Waals surface area contributed by atoms with E-state index in [1.807, 2.05) is 6.07 Å². The number of hydrogen-bond acceptors (Lipinski definition) is 3. The quantitative estimate of drug-likeness (QED) is 0.744. The van der Waals surface area contributed by atoms with Crippen LogP contribution in [-0.4, -0.2) is 18.9 Å². The van der Waals surface area contributed by atoms with E-state index in [4.69, 9.17) is 0 Å². The van der Waals surface area contributed by atoms with Crippen molar-refractivity contribution < 1.29 is 4.79 Å². The maximum Gasteiger partial charge on any atom is 0.160 e. The molecule has 0 aromatic carbocycles. The first-order chi connectivity index (χ1) is 7.85. The average Bonchev–Trinajstić information content (AvgIpc) is 2.79. The number of rotatable bonds is 4. The Morgan fingerprint density at radius 3 is 3.06 bits per heavy atom. The molecule has 1 atom stereocenters. The number of anilines is 1. The van der Waals surface area contributed by atoms with Gasteiger partial charge in [-0.2, -0.15) is 0 Å². The molecule has 1 unspecified atom stereocenters. The molecule has 0 radical (unpaired) electrons. The fourth-order valence-corrected chi connectivity index (χ4v) is 3.40. The van der Waals surface area contributed by atoms with Crippen LogP contribution in [0.3, 0.4) is 0 Å². The summed E-state index contributed by atoms with van der Waals surface area (Å²) in [6.45, 7) is 3.40. The predicted molar refractivity (Wildman–Crippen MR) is 69.6 cm³/mol. The third-order valence-electron chi connectivity index (χ3n) is 3.26. The van der Waals surface area contributed by atoms with Gasteiger partial charge in [-0.05, 0) is 37.8 Å². The van der Waals surface area contributed by atoms with Crippen molar-refractivity contribution in [2.75, 3.05) is 11.4 Å². The summed E-state index contributed by atoms with van der Waals surface area (Å²) in [6, 6.07) is 4.73. The monoisotopic (exact) mass is 237 g/mol. The summed E-state index contributed by atoms with van der Waals surface area (Å²) < 4.78 is 0. The highest BCUT2D eigenvalue weighted by molar-refractivity contribution is 7.17. The molecule has 0 spiro atoms. The molecule has 16 heavy (non-hydrogen) atoms. The SMILES string of the molecule is CCCC1CCCCN1c1ccc(C=O)s1. The first-order valence-electron chi connectivity index (χ1n) is 6.16. The third-order valence-corrected chi connectivity index (χ3v) is 4.31. The van der Waals surface area contributed by atoms with E-state index >= 15 is 0 Å². The largest absolute Gasteiger partial charge is 0.360 e. The third kappa shape index (κ3) is 2.46. The summed E-state index contributed by atoms with van der Waals surface area (Å²) in [5, 5.41) is 1.28. The second kappa shape index (κ2) is 5.48. The van der Waals surface area contributed by atoms with Crippen molar-refractivity contribution in [3.05, 3.63) is 17.0 Å². The molecule has 0 aliphatic carbocycles. The van der Waals surface area contributed by atoms with Crippen molar-refractivity contribution in [1.82, 2.24) is 0 Å². The zero-order valence-electron chi connectivity index (χ0n) is 9.82. The van der Waals surface area contributed by atoms with Crippen LogP contribution < -0.4 is 4.90 Å². The number of hydrogen-bond donors (Lipinski definition) is 0. The molecule has 1 aromatic rings. The van der Waals surface area contributed by atoms with Crippen molar-refractivity contribution in [3.8, 4) is 0 Å². The van der Waals surface area contributed by atoms with Crippen molar-refractivity contribution in [2.24, 2.45) is 0 Å². The van der Waals surface area contributed by atoms with Crippen LogP contribution in [0.4, 0.5) is 5.00 Å². The molecular formula is C13H19NOS. The molecule has 3 heteroatoms. The van der Waals surface area contributed by atoms with E-state index in [9.17, 15) is 4.79 Å². The van der Waals surface area contributed by atoms with Gasteiger partial charge in [0.15, 0.2) is 6.29 Å². The Balaban J connectivity index is 2.12. The molecule has 1 saturated heterocycles. The Bertz CT molecular complexity index is 345. The number of thiophene rings is 1. The summed E-state index contributed by atoms with van der Waals surface area (Å²) in [7, 11) is 0. The smallest absolute Gasteiger partial charge is 0.160 e. The summed E-state index contributed by atoms with van der Waals surface area (Å²) in [5.41, 5.74) is 0.